The van der Waals surface area contributed by atoms with Crippen LogP contribution in [0.15, 0.2) is 96.0 Å². The maximum Gasteiger partial charge on any atom is 0.240 e. The van der Waals surface area contributed by atoms with E-state index < -0.39 is 10.0 Å². The van der Waals surface area contributed by atoms with Gasteiger partial charge in [0.2, 0.25) is 21.9 Å². The lowest BCUT2D eigenvalue weighted by Gasteiger charge is -2.26. The average molecular weight is 626 g/mol. The van der Waals surface area contributed by atoms with E-state index in [1.807, 2.05) is 47.9 Å². The molecule has 1 saturated carbocycles. The van der Waals surface area contributed by atoms with Gasteiger partial charge in [-0.3, -0.25) is 4.57 Å². The number of fused-ring (bicyclic) bond motifs is 1. The molecule has 0 amide bonds. The van der Waals surface area contributed by atoms with E-state index in [1.54, 1.807) is 30.5 Å². The molecule has 0 bridgehead atoms. The fourth-order valence-corrected chi connectivity index (χ4v) is 7.00. The first-order valence-corrected chi connectivity index (χ1v) is 17.0. The molecular weight excluding hydrogens is 586 g/mol. The Bertz CT molecular complexity index is 1770. The van der Waals surface area contributed by atoms with Crippen molar-refractivity contribution in [2.75, 3.05) is 17.2 Å². The number of hydrogen-bond donors (Lipinski definition) is 4. The van der Waals surface area contributed by atoms with Gasteiger partial charge in [-0.1, -0.05) is 60.7 Å². The number of nitrogens with one attached hydrogen (secondary N) is 3. The number of sulfonamides is 1. The average Bonchev–Trinajstić information content (AvgIpc) is 3.41. The van der Waals surface area contributed by atoms with E-state index in [-0.39, 0.29) is 23.0 Å². The number of imidazole rings is 1. The molecule has 5 aromatic rings. The number of hydrogen-bond acceptors (Lipinski definition) is 8. The van der Waals surface area contributed by atoms with E-state index in [4.69, 9.17) is 9.97 Å². The minimum atomic E-state index is -3.70. The van der Waals surface area contributed by atoms with Crippen molar-refractivity contribution < 1.29 is 13.5 Å². The molecule has 3 aromatic carbocycles. The summed E-state index contributed by atoms with van der Waals surface area (Å²) in [7, 11) is -3.70. The van der Waals surface area contributed by atoms with Crippen LogP contribution in [0.5, 0.6) is 0 Å². The number of anilines is 3. The molecule has 1 aliphatic carbocycles. The van der Waals surface area contributed by atoms with Gasteiger partial charge in [0.15, 0.2) is 5.65 Å². The summed E-state index contributed by atoms with van der Waals surface area (Å²) in [5.41, 5.74) is 4.39. The number of rotatable bonds is 12. The third-order valence-corrected chi connectivity index (χ3v) is 9.86. The van der Waals surface area contributed by atoms with Crippen molar-refractivity contribution in [3.8, 4) is 0 Å². The number of aliphatic hydroxyl groups is 1. The van der Waals surface area contributed by atoms with Crippen molar-refractivity contribution in [1.82, 2.24) is 24.2 Å². The Morgan fingerprint density at radius 2 is 1.53 bits per heavy atom. The second kappa shape index (κ2) is 13.8. The van der Waals surface area contributed by atoms with E-state index in [0.717, 1.165) is 36.8 Å². The highest BCUT2D eigenvalue weighted by Gasteiger charge is 2.21. The second-order valence-electron chi connectivity index (χ2n) is 11.4. The molecule has 11 heteroatoms. The predicted molar refractivity (Wildman–Crippen MR) is 177 cm³/mol. The molecule has 1 aliphatic rings. The minimum Gasteiger partial charge on any atom is -0.393 e. The summed E-state index contributed by atoms with van der Waals surface area (Å²) in [4.78, 5) is 14.1. The van der Waals surface area contributed by atoms with Gasteiger partial charge < -0.3 is 15.7 Å². The molecule has 0 radical (unpaired) electrons. The highest BCUT2D eigenvalue weighted by Crippen LogP contribution is 2.28. The van der Waals surface area contributed by atoms with Gasteiger partial charge >= 0.3 is 0 Å². The van der Waals surface area contributed by atoms with Crippen LogP contribution < -0.4 is 15.4 Å². The first kappa shape index (κ1) is 30.7. The molecule has 1 fully saturated rings. The zero-order valence-corrected chi connectivity index (χ0v) is 26.1. The standard InChI is InChI=1S/C34H39N7O3S/c1-2-41-32-31(23-35-33(40-32)37-26-13-17-28(42)18-14-26)39-34(41)38-27-15-19-29(20-16-27)45(43,44)36-22-21-30(24-9-5-3-6-10-24)25-11-7-4-8-12-25/h3-12,15-16,19-20,23,26,28,30,36,42H,2,13-14,17-18,21-22H2,1H3,(H,38,39)(H,35,37,40). The van der Waals surface area contributed by atoms with Crippen LogP contribution in [0, 0.1) is 0 Å². The molecule has 0 saturated heterocycles. The van der Waals surface area contributed by atoms with Crippen LogP contribution in [0.25, 0.3) is 11.2 Å². The van der Waals surface area contributed by atoms with Crippen LogP contribution in [0.3, 0.4) is 0 Å². The normalized spacial score (nSPS) is 17.0. The summed E-state index contributed by atoms with van der Waals surface area (Å²) < 4.78 is 31.1. The first-order valence-electron chi connectivity index (χ1n) is 15.5. The lowest BCUT2D eigenvalue weighted by atomic mass is 9.89. The van der Waals surface area contributed by atoms with Crippen LogP contribution in [-0.4, -0.2) is 51.7 Å². The maximum atomic E-state index is 13.2. The third kappa shape index (κ3) is 7.33. The summed E-state index contributed by atoms with van der Waals surface area (Å²) in [5.74, 6) is 1.23. The van der Waals surface area contributed by atoms with Crippen LogP contribution in [-0.2, 0) is 16.6 Å². The Kier molecular flexibility index (Phi) is 9.39. The first-order chi connectivity index (χ1) is 21.9. The van der Waals surface area contributed by atoms with Gasteiger partial charge in [-0.05, 0) is 74.4 Å². The van der Waals surface area contributed by atoms with Crippen molar-refractivity contribution in [1.29, 1.82) is 0 Å². The Balaban J connectivity index is 1.11. The Morgan fingerprint density at radius 1 is 0.889 bits per heavy atom. The monoisotopic (exact) mass is 625 g/mol. The van der Waals surface area contributed by atoms with E-state index in [1.165, 1.54) is 0 Å². The molecule has 10 nitrogen and oxygen atoms in total. The van der Waals surface area contributed by atoms with Crippen LogP contribution in [0.2, 0.25) is 0 Å². The summed E-state index contributed by atoms with van der Waals surface area (Å²) >= 11 is 0. The second-order valence-corrected chi connectivity index (χ2v) is 13.2. The molecule has 0 spiro atoms. The zero-order valence-electron chi connectivity index (χ0n) is 25.3. The molecule has 0 aliphatic heterocycles. The topological polar surface area (TPSA) is 134 Å². The molecule has 234 valence electrons. The van der Waals surface area contributed by atoms with Crippen LogP contribution >= 0.6 is 0 Å². The van der Waals surface area contributed by atoms with Gasteiger partial charge in [-0.25, -0.2) is 23.1 Å². The largest absolute Gasteiger partial charge is 0.393 e. The van der Waals surface area contributed by atoms with Gasteiger partial charge in [0, 0.05) is 30.7 Å². The number of aromatic nitrogens is 4. The predicted octanol–water partition coefficient (Wildman–Crippen LogP) is 5.81. The zero-order chi connectivity index (χ0) is 31.2. The van der Waals surface area contributed by atoms with Gasteiger partial charge in [0.05, 0.1) is 17.2 Å². The minimum absolute atomic E-state index is 0.0809. The van der Waals surface area contributed by atoms with Gasteiger partial charge in [0.1, 0.15) is 5.52 Å². The van der Waals surface area contributed by atoms with Crippen molar-refractivity contribution in [2.24, 2.45) is 0 Å². The number of aryl methyl sites for hydroxylation is 1. The summed E-state index contributed by atoms with van der Waals surface area (Å²) in [6.07, 6.45) is 5.44. The van der Waals surface area contributed by atoms with E-state index in [2.05, 4.69) is 44.6 Å². The van der Waals surface area contributed by atoms with E-state index in [9.17, 15) is 13.5 Å². The third-order valence-electron chi connectivity index (χ3n) is 8.38. The highest BCUT2D eigenvalue weighted by molar-refractivity contribution is 7.89. The summed E-state index contributed by atoms with van der Waals surface area (Å²) in [6.45, 7) is 2.96. The fourth-order valence-electron chi connectivity index (χ4n) is 5.95. The van der Waals surface area contributed by atoms with Gasteiger partial charge in [-0.15, -0.1) is 0 Å². The van der Waals surface area contributed by atoms with Crippen molar-refractivity contribution >= 4 is 38.8 Å². The molecular formula is C34H39N7O3S. The Morgan fingerprint density at radius 3 is 2.16 bits per heavy atom. The summed E-state index contributed by atoms with van der Waals surface area (Å²) in [5, 5.41) is 16.5. The molecule has 2 heterocycles. The van der Waals surface area contributed by atoms with E-state index in [0.29, 0.717) is 48.3 Å². The van der Waals surface area contributed by atoms with E-state index >= 15 is 0 Å². The number of nitrogens with zero attached hydrogens (tertiary/aromatic N) is 4. The van der Waals surface area contributed by atoms with Crippen molar-refractivity contribution in [3.05, 3.63) is 102 Å². The van der Waals surface area contributed by atoms with Crippen LogP contribution in [0.4, 0.5) is 17.6 Å². The Hall–Kier alpha value is -4.32. The molecule has 0 unspecified atom stereocenters. The van der Waals surface area contributed by atoms with Gasteiger partial charge in [-0.2, -0.15) is 4.98 Å². The van der Waals surface area contributed by atoms with Crippen molar-refractivity contribution in [2.45, 2.75) is 68.5 Å². The fraction of sp³-hybridized carbons (Fsp3) is 0.324. The highest BCUT2D eigenvalue weighted by atomic mass is 32.2. The SMILES string of the molecule is CCn1c(Nc2ccc(S(=O)(=O)NCCC(c3ccccc3)c3ccccc3)cc2)nc2cnc(NC3CCC(O)CC3)nc21. The Labute approximate surface area is 264 Å². The van der Waals surface area contributed by atoms with Crippen LogP contribution in [0.1, 0.15) is 56.1 Å². The summed E-state index contributed by atoms with van der Waals surface area (Å²) in [6, 6.07) is 27.2. The number of aliphatic hydroxyl groups excluding tert-OH is 1. The lowest BCUT2D eigenvalue weighted by molar-refractivity contribution is 0.126. The molecule has 4 N–H and O–H groups in total. The molecule has 2 aromatic heterocycles. The maximum absolute atomic E-state index is 13.2. The molecule has 6 rings (SSSR count). The smallest absolute Gasteiger partial charge is 0.240 e. The van der Waals surface area contributed by atoms with Gasteiger partial charge in [0.25, 0.3) is 0 Å². The molecule has 45 heavy (non-hydrogen) atoms. The lowest BCUT2D eigenvalue weighted by Crippen LogP contribution is -2.28. The quantitative estimate of drug-likeness (QED) is 0.137. The number of benzene rings is 3. The van der Waals surface area contributed by atoms with Crippen molar-refractivity contribution in [3.63, 3.8) is 0 Å². The molecule has 0 atom stereocenters.